The van der Waals surface area contributed by atoms with Gasteiger partial charge >= 0.3 is 0 Å². The molecule has 2 aliphatic rings. The number of anilines is 1. The summed E-state index contributed by atoms with van der Waals surface area (Å²) in [5.74, 6) is -0.176. The van der Waals surface area contributed by atoms with E-state index < -0.39 is 29.4 Å². The average molecular weight is 494 g/mol. The van der Waals surface area contributed by atoms with Gasteiger partial charge in [0.1, 0.15) is 12.4 Å². The maximum absolute atomic E-state index is 13.0. The molecular weight excluding hydrogens is 473 g/mol. The topological polar surface area (TPSA) is 89.9 Å². The van der Waals surface area contributed by atoms with Crippen LogP contribution in [0.4, 0.5) is 14.9 Å². The average Bonchev–Trinajstić information content (AvgIpc) is 3.48. The Kier molecular flexibility index (Phi) is 5.81. The number of imide groups is 1. The number of amides is 3. The summed E-state index contributed by atoms with van der Waals surface area (Å²) in [7, 11) is 0. The monoisotopic (exact) mass is 493 g/mol. The Balaban J connectivity index is 1.34. The minimum absolute atomic E-state index is 0.186. The molecule has 5 rings (SSSR count). The molecule has 1 saturated heterocycles. The first-order chi connectivity index (χ1) is 16.8. The van der Waals surface area contributed by atoms with Crippen LogP contribution in [0, 0.1) is 19.7 Å². The van der Waals surface area contributed by atoms with Gasteiger partial charge in [-0.3, -0.25) is 19.3 Å². The molecule has 0 unspecified atom stereocenters. The van der Waals surface area contributed by atoms with E-state index >= 15 is 0 Å². The molecular formula is C25H20FN3O5S. The minimum Gasteiger partial charge on any atom is -0.454 e. The molecule has 1 fully saturated rings. The highest BCUT2D eigenvalue weighted by molar-refractivity contribution is 8.18. The second-order valence-corrected chi connectivity index (χ2v) is 9.02. The summed E-state index contributed by atoms with van der Waals surface area (Å²) in [5, 5.41) is 2.03. The zero-order valence-electron chi connectivity index (χ0n) is 18.8. The molecule has 2 aliphatic heterocycles. The van der Waals surface area contributed by atoms with Crippen molar-refractivity contribution in [3.8, 4) is 17.2 Å². The molecule has 0 atom stereocenters. The lowest BCUT2D eigenvalue weighted by Gasteiger charge is -2.12. The van der Waals surface area contributed by atoms with Crippen LogP contribution < -0.4 is 14.8 Å². The zero-order valence-corrected chi connectivity index (χ0v) is 19.6. The summed E-state index contributed by atoms with van der Waals surface area (Å²) in [4.78, 5) is 38.8. The fourth-order valence-corrected chi connectivity index (χ4v) is 4.84. The number of carbonyl (C=O) groups excluding carboxylic acids is 3. The molecule has 0 bridgehead atoms. The van der Waals surface area contributed by atoms with Crippen molar-refractivity contribution in [2.24, 2.45) is 0 Å². The Hall–Kier alpha value is -4.05. The maximum atomic E-state index is 13.0. The molecule has 178 valence electrons. The third-order valence-electron chi connectivity index (χ3n) is 5.67. The second kappa shape index (κ2) is 8.95. The fourth-order valence-electron chi connectivity index (χ4n) is 4.01. The molecule has 2 aromatic carbocycles. The number of hydrogen-bond acceptors (Lipinski definition) is 6. The summed E-state index contributed by atoms with van der Waals surface area (Å²) < 4.78 is 25.9. The number of nitrogens with zero attached hydrogens (tertiary/aromatic N) is 2. The van der Waals surface area contributed by atoms with Crippen molar-refractivity contribution in [2.45, 2.75) is 13.8 Å². The highest BCUT2D eigenvalue weighted by atomic mass is 32.2. The molecule has 10 heteroatoms. The predicted octanol–water partition coefficient (Wildman–Crippen LogP) is 4.64. The smallest absolute Gasteiger partial charge is 0.294 e. The van der Waals surface area contributed by atoms with E-state index in [1.807, 2.05) is 42.7 Å². The third kappa shape index (κ3) is 4.40. The maximum Gasteiger partial charge on any atom is 0.294 e. The number of ether oxygens (including phenoxy) is 2. The van der Waals surface area contributed by atoms with Gasteiger partial charge < -0.3 is 19.4 Å². The summed E-state index contributed by atoms with van der Waals surface area (Å²) >= 11 is 0.786. The molecule has 1 aromatic heterocycles. The first kappa shape index (κ1) is 22.7. The van der Waals surface area contributed by atoms with Crippen LogP contribution in [-0.4, -0.2) is 39.9 Å². The fraction of sp³-hybridized carbons (Fsp3) is 0.160. The van der Waals surface area contributed by atoms with E-state index in [4.69, 9.17) is 9.47 Å². The Bertz CT molecular complexity index is 1400. The number of nitrogens with one attached hydrogen (secondary N) is 1. The van der Waals surface area contributed by atoms with Crippen molar-refractivity contribution in [2.75, 3.05) is 18.7 Å². The van der Waals surface area contributed by atoms with Crippen LogP contribution in [0.5, 0.6) is 11.5 Å². The number of thioether (sulfide) groups is 1. The van der Waals surface area contributed by atoms with Crippen LogP contribution in [0.2, 0.25) is 0 Å². The van der Waals surface area contributed by atoms with Gasteiger partial charge in [0.2, 0.25) is 12.7 Å². The van der Waals surface area contributed by atoms with E-state index in [-0.39, 0.29) is 11.7 Å². The normalized spacial score (nSPS) is 15.9. The Morgan fingerprint density at radius 2 is 1.83 bits per heavy atom. The van der Waals surface area contributed by atoms with Crippen molar-refractivity contribution in [1.29, 1.82) is 0 Å². The Labute approximate surface area is 204 Å². The lowest BCUT2D eigenvalue weighted by atomic mass is 10.2. The summed E-state index contributed by atoms with van der Waals surface area (Å²) in [6.07, 6.45) is 1.66. The first-order valence-electron chi connectivity index (χ1n) is 10.7. The standard InChI is InChI=1S/C25H20FN3O5S/c1-14-9-16(15(2)29(14)19-7-8-20-21(11-19)34-13-33-20)10-22-24(31)28(25(32)35-22)12-23(30)27-18-5-3-17(26)4-6-18/h3-11H,12-13H2,1-2H3,(H,27,30)/b22-10-. The van der Waals surface area contributed by atoms with Crippen molar-refractivity contribution >= 4 is 40.6 Å². The molecule has 3 aromatic rings. The molecule has 3 heterocycles. The number of halogens is 1. The van der Waals surface area contributed by atoms with Gasteiger partial charge in [-0.2, -0.15) is 0 Å². The van der Waals surface area contributed by atoms with E-state index in [0.717, 1.165) is 39.3 Å². The summed E-state index contributed by atoms with van der Waals surface area (Å²) in [6.45, 7) is 3.62. The van der Waals surface area contributed by atoms with Crippen molar-refractivity contribution in [3.05, 3.63) is 76.2 Å². The van der Waals surface area contributed by atoms with E-state index in [9.17, 15) is 18.8 Å². The summed E-state index contributed by atoms with van der Waals surface area (Å²) in [6, 6.07) is 12.8. The lowest BCUT2D eigenvalue weighted by Crippen LogP contribution is -2.36. The van der Waals surface area contributed by atoms with E-state index in [1.54, 1.807) is 6.08 Å². The zero-order chi connectivity index (χ0) is 24.7. The number of fused-ring (bicyclic) bond motifs is 1. The molecule has 0 aliphatic carbocycles. The minimum atomic E-state index is -0.554. The largest absolute Gasteiger partial charge is 0.454 e. The Morgan fingerprint density at radius 1 is 1.09 bits per heavy atom. The quantitative estimate of drug-likeness (QED) is 0.521. The lowest BCUT2D eigenvalue weighted by molar-refractivity contribution is -0.127. The SMILES string of the molecule is Cc1cc(/C=C2\SC(=O)N(CC(=O)Nc3ccc(F)cc3)C2=O)c(C)n1-c1ccc2c(c1)OCO2. The van der Waals surface area contributed by atoms with Gasteiger partial charge in [-0.05, 0) is 79.7 Å². The van der Waals surface area contributed by atoms with E-state index in [2.05, 4.69) is 5.32 Å². The van der Waals surface area contributed by atoms with Gasteiger partial charge in [0, 0.05) is 28.8 Å². The van der Waals surface area contributed by atoms with Crippen LogP contribution in [0.15, 0.2) is 53.4 Å². The molecule has 1 N–H and O–H groups in total. The highest BCUT2D eigenvalue weighted by Crippen LogP contribution is 2.36. The van der Waals surface area contributed by atoms with Gasteiger partial charge in [0.25, 0.3) is 11.1 Å². The van der Waals surface area contributed by atoms with Gasteiger partial charge in [-0.1, -0.05) is 0 Å². The van der Waals surface area contributed by atoms with Crippen molar-refractivity contribution in [3.63, 3.8) is 0 Å². The highest BCUT2D eigenvalue weighted by Gasteiger charge is 2.36. The van der Waals surface area contributed by atoms with Crippen LogP contribution in [0.25, 0.3) is 11.8 Å². The molecule has 3 amide bonds. The molecule has 0 spiro atoms. The number of benzene rings is 2. The predicted molar refractivity (Wildman–Crippen MR) is 129 cm³/mol. The molecule has 8 nitrogen and oxygen atoms in total. The summed E-state index contributed by atoms with van der Waals surface area (Å²) in [5.41, 5.74) is 3.85. The van der Waals surface area contributed by atoms with Crippen LogP contribution in [-0.2, 0) is 9.59 Å². The van der Waals surface area contributed by atoms with Crippen LogP contribution in [0.3, 0.4) is 0 Å². The number of aryl methyl sites for hydroxylation is 1. The Morgan fingerprint density at radius 3 is 2.60 bits per heavy atom. The van der Waals surface area contributed by atoms with E-state index in [0.29, 0.717) is 17.2 Å². The molecule has 0 saturated carbocycles. The van der Waals surface area contributed by atoms with Crippen LogP contribution >= 0.6 is 11.8 Å². The molecule has 35 heavy (non-hydrogen) atoms. The van der Waals surface area contributed by atoms with Gasteiger partial charge in [0.15, 0.2) is 11.5 Å². The van der Waals surface area contributed by atoms with Gasteiger partial charge in [0.05, 0.1) is 4.91 Å². The van der Waals surface area contributed by atoms with Crippen LogP contribution in [0.1, 0.15) is 17.0 Å². The van der Waals surface area contributed by atoms with Gasteiger partial charge in [-0.15, -0.1) is 0 Å². The number of rotatable bonds is 5. The molecule has 0 radical (unpaired) electrons. The second-order valence-electron chi connectivity index (χ2n) is 8.02. The number of hydrogen-bond donors (Lipinski definition) is 1. The van der Waals surface area contributed by atoms with Gasteiger partial charge in [-0.25, -0.2) is 4.39 Å². The number of aromatic nitrogens is 1. The van der Waals surface area contributed by atoms with Crippen molar-refractivity contribution < 1.29 is 28.2 Å². The van der Waals surface area contributed by atoms with Crippen molar-refractivity contribution in [1.82, 2.24) is 9.47 Å². The number of carbonyl (C=O) groups is 3. The third-order valence-corrected chi connectivity index (χ3v) is 6.58. The first-order valence-corrected chi connectivity index (χ1v) is 11.5. The van der Waals surface area contributed by atoms with E-state index in [1.165, 1.54) is 24.3 Å².